The lowest BCUT2D eigenvalue weighted by molar-refractivity contribution is 0.276. The standard InChI is InChI=1S/C13H19F2NO/c1-9(2)16(3)6-5-10-7-12(15)13(17-4)8-11(10)14/h7-9H,5-6H2,1-4H3. The van der Waals surface area contributed by atoms with Crippen LogP contribution < -0.4 is 4.74 Å². The molecule has 17 heavy (non-hydrogen) atoms. The van der Waals surface area contributed by atoms with E-state index in [4.69, 9.17) is 4.74 Å². The predicted octanol–water partition coefficient (Wildman–Crippen LogP) is 2.86. The molecular formula is C13H19F2NO. The van der Waals surface area contributed by atoms with Gasteiger partial charge in [-0.3, -0.25) is 0 Å². The molecule has 0 saturated heterocycles. The number of ether oxygens (including phenoxy) is 1. The fourth-order valence-corrected chi connectivity index (χ4v) is 1.47. The third kappa shape index (κ3) is 3.66. The Hall–Kier alpha value is -1.16. The second-order valence-corrected chi connectivity index (χ2v) is 4.40. The van der Waals surface area contributed by atoms with Crippen LogP contribution in [0.3, 0.4) is 0 Å². The summed E-state index contributed by atoms with van der Waals surface area (Å²) in [4.78, 5) is 2.08. The minimum Gasteiger partial charge on any atom is -0.494 e. The molecule has 0 aliphatic rings. The van der Waals surface area contributed by atoms with Gasteiger partial charge >= 0.3 is 0 Å². The van der Waals surface area contributed by atoms with Crippen LogP contribution in [0, 0.1) is 11.6 Å². The van der Waals surface area contributed by atoms with Gasteiger partial charge in [0, 0.05) is 18.7 Å². The van der Waals surface area contributed by atoms with E-state index in [1.165, 1.54) is 13.2 Å². The Bertz CT molecular complexity index is 380. The first kappa shape index (κ1) is 13.9. The summed E-state index contributed by atoms with van der Waals surface area (Å²) in [6, 6.07) is 2.70. The van der Waals surface area contributed by atoms with Gasteiger partial charge in [0.15, 0.2) is 11.6 Å². The van der Waals surface area contributed by atoms with E-state index < -0.39 is 11.6 Å². The predicted molar refractivity (Wildman–Crippen MR) is 64.4 cm³/mol. The molecule has 1 aromatic carbocycles. The van der Waals surface area contributed by atoms with E-state index in [0.29, 0.717) is 24.6 Å². The first-order chi connectivity index (χ1) is 7.95. The fraction of sp³-hybridized carbons (Fsp3) is 0.538. The zero-order valence-corrected chi connectivity index (χ0v) is 10.8. The van der Waals surface area contributed by atoms with Gasteiger partial charge in [-0.25, -0.2) is 8.78 Å². The molecule has 0 spiro atoms. The molecule has 0 aromatic heterocycles. The van der Waals surface area contributed by atoms with E-state index in [2.05, 4.69) is 18.7 Å². The largest absolute Gasteiger partial charge is 0.494 e. The van der Waals surface area contributed by atoms with Gasteiger partial charge in [0.25, 0.3) is 0 Å². The van der Waals surface area contributed by atoms with Crippen molar-refractivity contribution in [3.05, 3.63) is 29.3 Å². The number of halogens is 2. The van der Waals surface area contributed by atoms with Crippen molar-refractivity contribution in [3.8, 4) is 5.75 Å². The molecule has 2 nitrogen and oxygen atoms in total. The summed E-state index contributed by atoms with van der Waals surface area (Å²) in [5, 5.41) is 0. The van der Waals surface area contributed by atoms with Crippen LogP contribution in [0.4, 0.5) is 8.78 Å². The summed E-state index contributed by atoms with van der Waals surface area (Å²) in [6.45, 7) is 4.82. The van der Waals surface area contributed by atoms with Gasteiger partial charge in [0.2, 0.25) is 0 Å². The van der Waals surface area contributed by atoms with Crippen molar-refractivity contribution < 1.29 is 13.5 Å². The summed E-state index contributed by atoms with van der Waals surface area (Å²) in [6.07, 6.45) is 0.488. The molecule has 0 atom stereocenters. The van der Waals surface area contributed by atoms with Crippen molar-refractivity contribution in [1.82, 2.24) is 4.90 Å². The van der Waals surface area contributed by atoms with Gasteiger partial charge in [-0.1, -0.05) is 0 Å². The van der Waals surface area contributed by atoms with Crippen LogP contribution in [0.15, 0.2) is 12.1 Å². The van der Waals surface area contributed by atoms with Crippen LogP contribution in [0.2, 0.25) is 0 Å². The van der Waals surface area contributed by atoms with Gasteiger partial charge in [-0.15, -0.1) is 0 Å². The number of hydrogen-bond donors (Lipinski definition) is 0. The summed E-state index contributed by atoms with van der Waals surface area (Å²) < 4.78 is 31.7. The first-order valence-corrected chi connectivity index (χ1v) is 5.67. The molecule has 0 bridgehead atoms. The number of hydrogen-bond acceptors (Lipinski definition) is 2. The number of methoxy groups -OCH3 is 1. The zero-order valence-electron chi connectivity index (χ0n) is 10.8. The Morgan fingerprint density at radius 2 is 1.88 bits per heavy atom. The van der Waals surface area contributed by atoms with Crippen molar-refractivity contribution in [3.63, 3.8) is 0 Å². The molecule has 0 saturated carbocycles. The minimum absolute atomic E-state index is 0.0523. The molecule has 0 N–H and O–H groups in total. The van der Waals surface area contributed by atoms with Crippen molar-refractivity contribution in [2.45, 2.75) is 26.3 Å². The second kappa shape index (κ2) is 5.96. The van der Waals surface area contributed by atoms with Crippen LogP contribution in [-0.2, 0) is 6.42 Å². The monoisotopic (exact) mass is 243 g/mol. The normalized spacial score (nSPS) is 11.3. The summed E-state index contributed by atoms with van der Waals surface area (Å²) >= 11 is 0. The Morgan fingerprint density at radius 1 is 1.24 bits per heavy atom. The van der Waals surface area contributed by atoms with Gasteiger partial charge in [0.05, 0.1) is 7.11 Å². The van der Waals surface area contributed by atoms with E-state index in [0.717, 1.165) is 6.07 Å². The van der Waals surface area contributed by atoms with Gasteiger partial charge < -0.3 is 9.64 Å². The zero-order chi connectivity index (χ0) is 13.0. The molecule has 0 fully saturated rings. The topological polar surface area (TPSA) is 12.5 Å². The molecule has 0 heterocycles. The van der Waals surface area contributed by atoms with E-state index in [9.17, 15) is 8.78 Å². The van der Waals surface area contributed by atoms with E-state index >= 15 is 0 Å². The van der Waals surface area contributed by atoms with Gasteiger partial charge in [0.1, 0.15) is 5.82 Å². The lowest BCUT2D eigenvalue weighted by atomic mass is 10.1. The Labute approximate surface area is 101 Å². The smallest absolute Gasteiger partial charge is 0.165 e. The molecular weight excluding hydrogens is 224 g/mol. The average Bonchev–Trinajstić information content (AvgIpc) is 2.29. The molecule has 0 aliphatic heterocycles. The quantitative estimate of drug-likeness (QED) is 0.788. The highest BCUT2D eigenvalue weighted by Gasteiger charge is 2.11. The minimum atomic E-state index is -0.517. The maximum absolute atomic E-state index is 13.6. The second-order valence-electron chi connectivity index (χ2n) is 4.40. The Morgan fingerprint density at radius 3 is 2.41 bits per heavy atom. The van der Waals surface area contributed by atoms with Crippen LogP contribution in [0.1, 0.15) is 19.4 Å². The Kier molecular flexibility index (Phi) is 4.87. The van der Waals surface area contributed by atoms with Crippen LogP contribution in [-0.4, -0.2) is 31.6 Å². The van der Waals surface area contributed by atoms with Crippen LogP contribution in [0.5, 0.6) is 5.75 Å². The van der Waals surface area contributed by atoms with Crippen molar-refractivity contribution in [1.29, 1.82) is 0 Å². The number of nitrogens with zero attached hydrogens (tertiary/aromatic N) is 1. The number of likely N-dealkylation sites (N-methyl/N-ethyl adjacent to an activating group) is 1. The molecule has 0 unspecified atom stereocenters. The highest BCUT2D eigenvalue weighted by atomic mass is 19.1. The molecule has 0 radical (unpaired) electrons. The summed E-state index contributed by atoms with van der Waals surface area (Å²) in [5.74, 6) is -0.986. The molecule has 96 valence electrons. The van der Waals surface area contributed by atoms with E-state index in [1.54, 1.807) is 0 Å². The van der Waals surface area contributed by atoms with Crippen molar-refractivity contribution in [2.75, 3.05) is 20.7 Å². The highest BCUT2D eigenvalue weighted by molar-refractivity contribution is 5.31. The lowest BCUT2D eigenvalue weighted by Crippen LogP contribution is -2.28. The van der Waals surface area contributed by atoms with Crippen molar-refractivity contribution in [2.24, 2.45) is 0 Å². The summed E-state index contributed by atoms with van der Waals surface area (Å²) in [5.41, 5.74) is 0.385. The highest BCUT2D eigenvalue weighted by Crippen LogP contribution is 2.21. The average molecular weight is 243 g/mol. The first-order valence-electron chi connectivity index (χ1n) is 5.67. The van der Waals surface area contributed by atoms with Gasteiger partial charge in [-0.05, 0) is 38.9 Å². The third-order valence-electron chi connectivity index (χ3n) is 2.94. The molecule has 0 amide bonds. The van der Waals surface area contributed by atoms with Crippen LogP contribution >= 0.6 is 0 Å². The van der Waals surface area contributed by atoms with Gasteiger partial charge in [-0.2, -0.15) is 0 Å². The number of rotatable bonds is 5. The fourth-order valence-electron chi connectivity index (χ4n) is 1.47. The molecule has 1 rings (SSSR count). The van der Waals surface area contributed by atoms with E-state index in [-0.39, 0.29) is 5.75 Å². The molecule has 1 aromatic rings. The third-order valence-corrected chi connectivity index (χ3v) is 2.94. The van der Waals surface area contributed by atoms with Crippen LogP contribution in [0.25, 0.3) is 0 Å². The SMILES string of the molecule is COc1cc(F)c(CCN(C)C(C)C)cc1F. The Balaban J connectivity index is 2.75. The molecule has 4 heteroatoms. The van der Waals surface area contributed by atoms with E-state index in [1.807, 2.05) is 7.05 Å². The van der Waals surface area contributed by atoms with Crippen molar-refractivity contribution >= 4 is 0 Å². The number of benzene rings is 1. The molecule has 0 aliphatic carbocycles. The maximum Gasteiger partial charge on any atom is 0.165 e. The lowest BCUT2D eigenvalue weighted by Gasteiger charge is -2.21. The maximum atomic E-state index is 13.6. The summed E-state index contributed by atoms with van der Waals surface area (Å²) in [7, 11) is 3.28.